The predicted octanol–water partition coefficient (Wildman–Crippen LogP) is 6.22. The maximum Gasteiger partial charge on any atom is 0.178 e. The van der Waals surface area contributed by atoms with Crippen molar-refractivity contribution in [2.24, 2.45) is 40.4 Å². The van der Waals surface area contributed by atoms with Gasteiger partial charge in [0.25, 0.3) is 0 Å². The zero-order valence-corrected chi connectivity index (χ0v) is 19.6. The van der Waals surface area contributed by atoms with Crippen LogP contribution in [-0.2, 0) is 9.59 Å². The highest BCUT2D eigenvalue weighted by Crippen LogP contribution is 2.51. The van der Waals surface area contributed by atoms with Crippen LogP contribution in [0.2, 0.25) is 0 Å². The molecule has 2 aliphatic rings. The summed E-state index contributed by atoms with van der Waals surface area (Å²) < 4.78 is 0. The Balaban J connectivity index is 1.48. The maximum absolute atomic E-state index is 13.1. The van der Waals surface area contributed by atoms with Gasteiger partial charge in [-0.25, -0.2) is 0 Å². The first-order valence-corrected chi connectivity index (χ1v) is 12.0. The Morgan fingerprint density at radius 1 is 1.03 bits per heavy atom. The van der Waals surface area contributed by atoms with E-state index in [-0.39, 0.29) is 34.4 Å². The summed E-state index contributed by atoms with van der Waals surface area (Å²) in [5.74, 6) is 2.19. The third-order valence-corrected chi connectivity index (χ3v) is 7.93. The molecular formula is C25H36O3S. The summed E-state index contributed by atoms with van der Waals surface area (Å²) in [6.45, 7) is 12.1. The number of thiophene rings is 1. The van der Waals surface area contributed by atoms with E-state index in [9.17, 15) is 14.4 Å². The molecule has 0 saturated heterocycles. The smallest absolute Gasteiger partial charge is 0.178 e. The Labute approximate surface area is 179 Å². The Kier molecular flexibility index (Phi) is 6.25. The maximum atomic E-state index is 13.1. The lowest BCUT2D eigenvalue weighted by Gasteiger charge is -2.41. The van der Waals surface area contributed by atoms with E-state index in [1.165, 1.54) is 11.3 Å². The summed E-state index contributed by atoms with van der Waals surface area (Å²) in [6.07, 6.45) is 4.45. The number of hydrogen-bond donors (Lipinski definition) is 0. The molecule has 29 heavy (non-hydrogen) atoms. The van der Waals surface area contributed by atoms with Crippen molar-refractivity contribution in [2.45, 2.75) is 73.6 Å². The van der Waals surface area contributed by atoms with E-state index in [0.717, 1.165) is 37.0 Å². The van der Waals surface area contributed by atoms with E-state index in [1.807, 2.05) is 45.2 Å². The van der Waals surface area contributed by atoms with Crippen molar-refractivity contribution < 1.29 is 14.4 Å². The average Bonchev–Trinajstić information content (AvgIpc) is 3.13. The summed E-state index contributed by atoms with van der Waals surface area (Å²) in [5, 5.41) is 1.95. The van der Waals surface area contributed by atoms with Gasteiger partial charge in [-0.1, -0.05) is 47.6 Å². The monoisotopic (exact) mass is 416 g/mol. The van der Waals surface area contributed by atoms with Crippen LogP contribution in [0.25, 0.3) is 0 Å². The topological polar surface area (TPSA) is 51.2 Å². The highest BCUT2D eigenvalue weighted by Gasteiger charge is 2.49. The highest BCUT2D eigenvalue weighted by atomic mass is 32.1. The van der Waals surface area contributed by atoms with Gasteiger partial charge in [-0.05, 0) is 55.4 Å². The molecule has 1 aromatic heterocycles. The molecule has 2 atom stereocenters. The van der Waals surface area contributed by atoms with Crippen LogP contribution in [-0.4, -0.2) is 17.3 Å². The fourth-order valence-electron chi connectivity index (χ4n) is 5.23. The standard InChI is InChI=1S/C25H36O3S/c1-15(2)21(26)19-12-18(19)14-25(5,6)22(27)17-10-16(11-17)13-24(3,4)23(28)20-8-7-9-29-20/h7-9,15-19H,10-14H2,1-6H3. The Morgan fingerprint density at radius 3 is 2.24 bits per heavy atom. The second-order valence-electron chi connectivity index (χ2n) is 11.0. The largest absolute Gasteiger partial charge is 0.299 e. The summed E-state index contributed by atoms with van der Waals surface area (Å²) in [6, 6.07) is 3.83. The lowest BCUT2D eigenvalue weighted by molar-refractivity contribution is -0.136. The molecule has 2 saturated carbocycles. The van der Waals surface area contributed by atoms with Gasteiger partial charge < -0.3 is 0 Å². The SMILES string of the molecule is CC(C)C(=O)C1CC1CC(C)(C)C(=O)C1CC(CC(C)(C)C(=O)c2cccs2)C1. The predicted molar refractivity (Wildman–Crippen MR) is 118 cm³/mol. The first-order chi connectivity index (χ1) is 13.4. The van der Waals surface area contributed by atoms with Crippen molar-refractivity contribution in [1.82, 2.24) is 0 Å². The Hall–Kier alpha value is -1.29. The number of carbonyl (C=O) groups excluding carboxylic acids is 3. The van der Waals surface area contributed by atoms with Crippen molar-refractivity contribution in [3.8, 4) is 0 Å². The van der Waals surface area contributed by atoms with Crippen LogP contribution in [0.3, 0.4) is 0 Å². The molecule has 1 heterocycles. The van der Waals surface area contributed by atoms with Gasteiger partial charge in [-0.15, -0.1) is 11.3 Å². The first kappa shape index (κ1) is 22.4. The van der Waals surface area contributed by atoms with Crippen molar-refractivity contribution in [2.75, 3.05) is 0 Å². The molecule has 2 aliphatic carbocycles. The van der Waals surface area contributed by atoms with E-state index in [4.69, 9.17) is 0 Å². The molecule has 3 rings (SSSR count). The van der Waals surface area contributed by atoms with E-state index in [0.29, 0.717) is 23.4 Å². The van der Waals surface area contributed by atoms with E-state index in [2.05, 4.69) is 13.8 Å². The molecular weight excluding hydrogens is 380 g/mol. The number of carbonyl (C=O) groups is 3. The molecule has 160 valence electrons. The third kappa shape index (κ3) is 4.90. The Morgan fingerprint density at radius 2 is 1.69 bits per heavy atom. The van der Waals surface area contributed by atoms with Crippen LogP contribution in [0.15, 0.2) is 17.5 Å². The molecule has 0 bridgehead atoms. The normalized spacial score (nSPS) is 26.9. The molecule has 0 aromatic carbocycles. The average molecular weight is 417 g/mol. The van der Waals surface area contributed by atoms with Crippen molar-refractivity contribution in [1.29, 1.82) is 0 Å². The number of rotatable bonds is 10. The van der Waals surface area contributed by atoms with Gasteiger partial charge >= 0.3 is 0 Å². The quantitative estimate of drug-likeness (QED) is 0.425. The van der Waals surface area contributed by atoms with Crippen LogP contribution in [0, 0.1) is 40.4 Å². The van der Waals surface area contributed by atoms with Crippen molar-refractivity contribution >= 4 is 28.7 Å². The molecule has 3 nitrogen and oxygen atoms in total. The van der Waals surface area contributed by atoms with E-state index < -0.39 is 0 Å². The lowest BCUT2D eigenvalue weighted by atomic mass is 9.62. The molecule has 0 aliphatic heterocycles. The second-order valence-corrected chi connectivity index (χ2v) is 12.0. The van der Waals surface area contributed by atoms with Gasteiger partial charge in [-0.2, -0.15) is 0 Å². The molecule has 0 radical (unpaired) electrons. The summed E-state index contributed by atoms with van der Waals surface area (Å²) in [7, 11) is 0. The molecule has 2 unspecified atom stereocenters. The summed E-state index contributed by atoms with van der Waals surface area (Å²) >= 11 is 1.51. The zero-order chi connectivity index (χ0) is 21.6. The molecule has 1 aromatic rings. The summed E-state index contributed by atoms with van der Waals surface area (Å²) in [5.41, 5.74) is -0.730. The number of Topliss-reactive ketones (excluding diaryl/α,β-unsaturated/α-hetero) is 3. The van der Waals surface area contributed by atoms with Crippen LogP contribution in [0.1, 0.15) is 83.3 Å². The van der Waals surface area contributed by atoms with Gasteiger partial charge in [0.2, 0.25) is 0 Å². The second kappa shape index (κ2) is 8.09. The zero-order valence-electron chi connectivity index (χ0n) is 18.8. The first-order valence-electron chi connectivity index (χ1n) is 11.1. The highest BCUT2D eigenvalue weighted by molar-refractivity contribution is 7.12. The van der Waals surface area contributed by atoms with Gasteiger partial charge in [-0.3, -0.25) is 14.4 Å². The molecule has 0 amide bonds. The van der Waals surface area contributed by atoms with Crippen molar-refractivity contribution in [3.05, 3.63) is 22.4 Å². The van der Waals surface area contributed by atoms with Crippen LogP contribution >= 0.6 is 11.3 Å². The van der Waals surface area contributed by atoms with E-state index >= 15 is 0 Å². The Bertz CT molecular complexity index is 766. The molecule has 2 fully saturated rings. The molecule has 0 N–H and O–H groups in total. The minimum absolute atomic E-state index is 0.0939. The number of hydrogen-bond acceptors (Lipinski definition) is 4. The fraction of sp³-hybridized carbons (Fsp3) is 0.720. The van der Waals surface area contributed by atoms with Gasteiger partial charge in [0.1, 0.15) is 11.6 Å². The van der Waals surface area contributed by atoms with Gasteiger partial charge in [0.15, 0.2) is 5.78 Å². The van der Waals surface area contributed by atoms with Crippen LogP contribution in [0.4, 0.5) is 0 Å². The molecule has 0 spiro atoms. The minimum Gasteiger partial charge on any atom is -0.299 e. The fourth-order valence-corrected chi connectivity index (χ4v) is 6.07. The van der Waals surface area contributed by atoms with Gasteiger partial charge in [0, 0.05) is 28.6 Å². The van der Waals surface area contributed by atoms with Gasteiger partial charge in [0.05, 0.1) is 4.88 Å². The van der Waals surface area contributed by atoms with Crippen molar-refractivity contribution in [3.63, 3.8) is 0 Å². The van der Waals surface area contributed by atoms with Crippen LogP contribution < -0.4 is 0 Å². The summed E-state index contributed by atoms with van der Waals surface area (Å²) in [4.78, 5) is 38.9. The lowest BCUT2D eigenvalue weighted by Crippen LogP contribution is -2.41. The third-order valence-electron chi connectivity index (χ3n) is 7.06. The molecule has 4 heteroatoms. The van der Waals surface area contributed by atoms with Crippen LogP contribution in [0.5, 0.6) is 0 Å². The minimum atomic E-state index is -0.377. The number of ketones is 3. The van der Waals surface area contributed by atoms with E-state index in [1.54, 1.807) is 0 Å².